The van der Waals surface area contributed by atoms with E-state index >= 15 is 0 Å². The number of hydrogen-bond donors (Lipinski definition) is 1. The predicted octanol–water partition coefficient (Wildman–Crippen LogP) is 2.11. The van der Waals surface area contributed by atoms with Gasteiger partial charge in [0.2, 0.25) is 5.91 Å². The molecule has 19 heavy (non-hydrogen) atoms. The van der Waals surface area contributed by atoms with E-state index in [-0.39, 0.29) is 5.91 Å². The van der Waals surface area contributed by atoms with Crippen molar-refractivity contribution in [1.82, 2.24) is 10.2 Å². The van der Waals surface area contributed by atoms with Crippen molar-refractivity contribution in [3.05, 3.63) is 0 Å². The average Bonchev–Trinajstić information content (AvgIpc) is 3.00. The summed E-state index contributed by atoms with van der Waals surface area (Å²) in [6.07, 6.45) is 4.66. The molecule has 4 nitrogen and oxygen atoms in total. The summed E-state index contributed by atoms with van der Waals surface area (Å²) in [5.74, 6) is 1.33. The molecular weight excluding hydrogens is 258 g/mol. The minimum atomic E-state index is 0.212. The summed E-state index contributed by atoms with van der Waals surface area (Å²) in [5, 5.41) is 4.16. The summed E-state index contributed by atoms with van der Waals surface area (Å²) in [6.45, 7) is 7.64. The molecule has 0 aromatic rings. The van der Waals surface area contributed by atoms with Gasteiger partial charge < -0.3 is 10.2 Å². The predicted molar refractivity (Wildman–Crippen MR) is 81.6 cm³/mol. The molecule has 1 fully saturated rings. The van der Waals surface area contributed by atoms with Crippen LogP contribution in [-0.2, 0) is 4.79 Å². The average molecular weight is 283 g/mol. The quantitative estimate of drug-likeness (QED) is 0.859. The van der Waals surface area contributed by atoms with E-state index in [1.54, 1.807) is 11.8 Å². The number of likely N-dealkylation sites (tertiary alicyclic amines) is 1. The molecule has 0 radical (unpaired) electrons. The Morgan fingerprint density at radius 3 is 2.58 bits per heavy atom. The minimum absolute atomic E-state index is 0.212. The Hall–Kier alpha value is -0.710. The Labute approximate surface area is 120 Å². The van der Waals surface area contributed by atoms with Crippen LogP contribution in [0.3, 0.4) is 0 Å². The maximum absolute atomic E-state index is 11.9. The Bertz CT molecular complexity index is 347. The first kappa shape index (κ1) is 14.7. The number of nitrogens with zero attached hydrogens (tertiary/aromatic N) is 2. The van der Waals surface area contributed by atoms with Crippen LogP contribution in [0.4, 0.5) is 0 Å². The van der Waals surface area contributed by atoms with E-state index in [9.17, 15) is 4.79 Å². The fourth-order valence-corrected chi connectivity index (χ4v) is 3.84. The first-order chi connectivity index (χ1) is 9.19. The van der Waals surface area contributed by atoms with Gasteiger partial charge in [-0.1, -0.05) is 25.6 Å². The maximum atomic E-state index is 11.9. The van der Waals surface area contributed by atoms with Crippen molar-refractivity contribution in [2.24, 2.45) is 10.4 Å². The van der Waals surface area contributed by atoms with Gasteiger partial charge in [0, 0.05) is 25.4 Å². The highest BCUT2D eigenvalue weighted by Crippen LogP contribution is 2.34. The van der Waals surface area contributed by atoms with Gasteiger partial charge in [0.15, 0.2) is 5.17 Å². The largest absolute Gasteiger partial charge is 0.356 e. The number of hydrogen-bond acceptors (Lipinski definition) is 4. The van der Waals surface area contributed by atoms with Crippen LogP contribution in [0.1, 0.15) is 39.5 Å². The molecule has 1 amide bonds. The third kappa shape index (κ3) is 3.65. The summed E-state index contributed by atoms with van der Waals surface area (Å²) >= 11 is 1.77. The molecule has 0 unspecified atom stereocenters. The summed E-state index contributed by atoms with van der Waals surface area (Å²) in [4.78, 5) is 18.5. The van der Waals surface area contributed by atoms with Crippen LogP contribution in [0.25, 0.3) is 0 Å². The van der Waals surface area contributed by atoms with Crippen LogP contribution in [-0.4, -0.2) is 47.9 Å². The highest BCUT2D eigenvalue weighted by molar-refractivity contribution is 8.13. The lowest BCUT2D eigenvalue weighted by Crippen LogP contribution is -2.40. The lowest BCUT2D eigenvalue weighted by atomic mass is 9.84. The van der Waals surface area contributed by atoms with Gasteiger partial charge in [-0.25, -0.2) is 0 Å². The summed E-state index contributed by atoms with van der Waals surface area (Å²) in [6, 6.07) is 0. The smallest absolute Gasteiger partial charge is 0.241 e. The minimum Gasteiger partial charge on any atom is -0.356 e. The molecule has 0 atom stereocenters. The van der Waals surface area contributed by atoms with Crippen molar-refractivity contribution in [3.63, 3.8) is 0 Å². The monoisotopic (exact) mass is 283 g/mol. The molecule has 0 saturated carbocycles. The van der Waals surface area contributed by atoms with Crippen molar-refractivity contribution in [2.45, 2.75) is 39.5 Å². The Balaban J connectivity index is 1.78. The van der Waals surface area contributed by atoms with Crippen LogP contribution >= 0.6 is 11.8 Å². The summed E-state index contributed by atoms with van der Waals surface area (Å²) in [5.41, 5.74) is 0.370. The van der Waals surface area contributed by atoms with Gasteiger partial charge >= 0.3 is 0 Å². The van der Waals surface area contributed by atoms with Crippen LogP contribution in [0, 0.1) is 5.41 Å². The highest BCUT2D eigenvalue weighted by atomic mass is 32.2. The topological polar surface area (TPSA) is 44.7 Å². The number of carbonyl (C=O) groups is 1. The van der Waals surface area contributed by atoms with Crippen LogP contribution in [0.2, 0.25) is 0 Å². The lowest BCUT2D eigenvalue weighted by Gasteiger charge is -2.33. The molecule has 1 saturated heterocycles. The second kappa shape index (κ2) is 6.64. The van der Waals surface area contributed by atoms with Gasteiger partial charge in [-0.2, -0.15) is 0 Å². The van der Waals surface area contributed by atoms with E-state index in [4.69, 9.17) is 0 Å². The van der Waals surface area contributed by atoms with E-state index in [1.807, 2.05) is 4.90 Å². The Kier molecular flexibility index (Phi) is 5.13. The molecule has 1 N–H and O–H groups in total. The third-order valence-corrected chi connectivity index (χ3v) is 5.73. The highest BCUT2D eigenvalue weighted by Gasteiger charge is 2.30. The maximum Gasteiger partial charge on any atom is 0.241 e. The number of rotatable bonds is 4. The lowest BCUT2D eigenvalue weighted by molar-refractivity contribution is -0.128. The van der Waals surface area contributed by atoms with Crippen LogP contribution in [0.15, 0.2) is 4.99 Å². The van der Waals surface area contributed by atoms with E-state index in [0.29, 0.717) is 12.0 Å². The number of amidine groups is 1. The summed E-state index contributed by atoms with van der Waals surface area (Å²) in [7, 11) is 0. The fraction of sp³-hybridized carbons (Fsp3) is 0.857. The molecular formula is C14H25N3OS. The van der Waals surface area contributed by atoms with Gasteiger partial charge in [0.25, 0.3) is 0 Å². The molecule has 2 rings (SSSR count). The van der Waals surface area contributed by atoms with Gasteiger partial charge in [0.1, 0.15) is 0 Å². The van der Waals surface area contributed by atoms with E-state index in [2.05, 4.69) is 24.2 Å². The normalized spacial score (nSPS) is 22.2. The molecule has 0 bridgehead atoms. The number of carbonyl (C=O) groups excluding carboxylic acids is 1. The van der Waals surface area contributed by atoms with Crippen LogP contribution in [0.5, 0.6) is 0 Å². The molecule has 0 spiro atoms. The molecule has 2 aliphatic heterocycles. The molecule has 5 heteroatoms. The number of amides is 1. The van der Waals surface area contributed by atoms with Gasteiger partial charge in [-0.15, -0.1) is 0 Å². The standard InChI is InChI=1S/C14H25N3OS/c1-3-14(4-2)10-16-13(19-11-14)15-9-12(18)17-7-5-6-8-17/h3-11H2,1-2H3,(H,15,16). The van der Waals surface area contributed by atoms with E-state index < -0.39 is 0 Å². The van der Waals surface area contributed by atoms with E-state index in [0.717, 1.165) is 43.4 Å². The van der Waals surface area contributed by atoms with Crippen molar-refractivity contribution >= 4 is 22.8 Å². The molecule has 0 aliphatic carbocycles. The van der Waals surface area contributed by atoms with Crippen molar-refractivity contribution in [2.75, 3.05) is 31.9 Å². The number of nitrogens with one attached hydrogen (secondary N) is 1. The number of aliphatic imine (C=N–C) groups is 1. The van der Waals surface area contributed by atoms with Gasteiger partial charge in [-0.05, 0) is 31.1 Å². The molecule has 2 aliphatic rings. The fourth-order valence-electron chi connectivity index (χ4n) is 2.57. The van der Waals surface area contributed by atoms with Crippen molar-refractivity contribution < 1.29 is 4.79 Å². The second-order valence-corrected chi connectivity index (χ2v) is 6.52. The van der Waals surface area contributed by atoms with Crippen LogP contribution < -0.4 is 5.32 Å². The summed E-state index contributed by atoms with van der Waals surface area (Å²) < 4.78 is 0. The Morgan fingerprint density at radius 1 is 1.37 bits per heavy atom. The van der Waals surface area contributed by atoms with Gasteiger partial charge in [0.05, 0.1) is 6.54 Å². The first-order valence-electron chi connectivity index (χ1n) is 7.38. The zero-order valence-electron chi connectivity index (χ0n) is 12.1. The van der Waals surface area contributed by atoms with Gasteiger partial charge in [-0.3, -0.25) is 9.79 Å². The molecule has 108 valence electrons. The second-order valence-electron chi connectivity index (χ2n) is 5.56. The molecule has 2 heterocycles. The number of thioether (sulfide) groups is 1. The molecule has 0 aromatic heterocycles. The molecule has 0 aromatic carbocycles. The third-order valence-electron chi connectivity index (χ3n) is 4.42. The zero-order valence-corrected chi connectivity index (χ0v) is 12.9. The van der Waals surface area contributed by atoms with Crippen molar-refractivity contribution in [3.8, 4) is 0 Å². The Morgan fingerprint density at radius 2 is 2.05 bits per heavy atom. The first-order valence-corrected chi connectivity index (χ1v) is 8.36. The van der Waals surface area contributed by atoms with E-state index in [1.165, 1.54) is 12.8 Å². The SMILES string of the molecule is CCC1(CC)CN=C(NCC(=O)N2CCCC2)SC1. The van der Waals surface area contributed by atoms with Crippen molar-refractivity contribution in [1.29, 1.82) is 0 Å². The zero-order chi connectivity index (χ0) is 13.7.